The molecule has 0 aromatic heterocycles. The van der Waals surface area contributed by atoms with Crippen LogP contribution in [-0.4, -0.2) is 68.3 Å². The van der Waals surface area contributed by atoms with Crippen LogP contribution in [0.3, 0.4) is 0 Å². The third kappa shape index (κ3) is 4.98. The molecule has 2 aliphatic heterocycles. The van der Waals surface area contributed by atoms with Gasteiger partial charge in [0.25, 0.3) is 0 Å². The Morgan fingerprint density at radius 3 is 2.55 bits per heavy atom. The number of benzene rings is 1. The summed E-state index contributed by atoms with van der Waals surface area (Å²) >= 11 is 0. The molecule has 9 nitrogen and oxygen atoms in total. The summed E-state index contributed by atoms with van der Waals surface area (Å²) in [7, 11) is 1.58. The maximum absolute atomic E-state index is 13.2. The van der Waals surface area contributed by atoms with E-state index in [1.54, 1.807) is 27.9 Å². The normalized spacial score (nSPS) is 22.5. The molecular weight excluding hydrogens is 380 g/mol. The summed E-state index contributed by atoms with van der Waals surface area (Å²) in [5.41, 5.74) is -1.20. The monoisotopic (exact) mass is 408 g/mol. The lowest BCUT2D eigenvalue weighted by Crippen LogP contribution is -2.69. The molecule has 1 spiro atoms. The number of carbonyl (C=O) groups is 2. The van der Waals surface area contributed by atoms with Crippen molar-refractivity contribution in [3.8, 4) is 5.75 Å². The van der Waals surface area contributed by atoms with Gasteiger partial charge in [-0.25, -0.2) is 4.79 Å². The van der Waals surface area contributed by atoms with Gasteiger partial charge in [-0.2, -0.15) is 0 Å². The predicted molar refractivity (Wildman–Crippen MR) is 102 cm³/mol. The van der Waals surface area contributed by atoms with Crippen LogP contribution in [0.5, 0.6) is 5.75 Å². The fraction of sp³-hybridized carbons (Fsp3) is 0.600. The number of amides is 1. The first kappa shape index (κ1) is 21.4. The fourth-order valence-electron chi connectivity index (χ4n) is 3.24. The third-order valence-corrected chi connectivity index (χ3v) is 4.68. The summed E-state index contributed by atoms with van der Waals surface area (Å²) < 4.78 is 21.7. The summed E-state index contributed by atoms with van der Waals surface area (Å²) in [6.45, 7) is 6.20. The Bertz CT molecular complexity index is 739. The highest BCUT2D eigenvalue weighted by molar-refractivity contribution is 5.88. The molecule has 1 aromatic carbocycles. The Hall–Kier alpha value is -2.36. The van der Waals surface area contributed by atoms with Gasteiger partial charge in [-0.15, -0.1) is 5.06 Å². The molecule has 2 fully saturated rings. The van der Waals surface area contributed by atoms with Crippen molar-refractivity contribution in [3.05, 3.63) is 29.8 Å². The second kappa shape index (κ2) is 8.56. The van der Waals surface area contributed by atoms with E-state index in [0.717, 1.165) is 5.56 Å². The molecule has 1 N–H and O–H groups in total. The van der Waals surface area contributed by atoms with E-state index in [9.17, 15) is 9.59 Å². The molecule has 2 aliphatic rings. The molecule has 160 valence electrons. The van der Waals surface area contributed by atoms with Crippen LogP contribution in [0.15, 0.2) is 24.3 Å². The van der Waals surface area contributed by atoms with Crippen molar-refractivity contribution in [1.82, 2.24) is 10.4 Å². The lowest BCUT2D eigenvalue weighted by molar-refractivity contribution is -0.229. The molecule has 29 heavy (non-hydrogen) atoms. The first-order valence-corrected chi connectivity index (χ1v) is 9.52. The van der Waals surface area contributed by atoms with Gasteiger partial charge >= 0.3 is 6.16 Å². The van der Waals surface area contributed by atoms with Gasteiger partial charge in [0.2, 0.25) is 5.91 Å². The molecule has 3 rings (SSSR count). The molecule has 2 heterocycles. The van der Waals surface area contributed by atoms with Crippen LogP contribution in [0.2, 0.25) is 0 Å². The summed E-state index contributed by atoms with van der Waals surface area (Å²) in [5, 5.41) is 4.32. The molecule has 1 amide bonds. The molecule has 1 aromatic rings. The summed E-state index contributed by atoms with van der Waals surface area (Å²) in [4.78, 5) is 31.0. The van der Waals surface area contributed by atoms with E-state index in [0.29, 0.717) is 19.0 Å². The summed E-state index contributed by atoms with van der Waals surface area (Å²) in [6, 6.07) is 6.93. The maximum atomic E-state index is 13.2. The highest BCUT2D eigenvalue weighted by Crippen LogP contribution is 2.31. The highest BCUT2D eigenvalue weighted by Gasteiger charge is 2.53. The molecule has 0 aliphatic carbocycles. The Kier molecular flexibility index (Phi) is 6.30. The number of methoxy groups -OCH3 is 1. The number of carbonyl (C=O) groups excluding carboxylic acids is 2. The van der Waals surface area contributed by atoms with Gasteiger partial charge in [0.05, 0.1) is 46.1 Å². The number of rotatable bonds is 3. The van der Waals surface area contributed by atoms with Crippen molar-refractivity contribution in [3.63, 3.8) is 0 Å². The van der Waals surface area contributed by atoms with Gasteiger partial charge in [0, 0.05) is 0 Å². The topological polar surface area (TPSA) is 95.6 Å². The van der Waals surface area contributed by atoms with Crippen molar-refractivity contribution in [2.75, 3.05) is 40.1 Å². The van der Waals surface area contributed by atoms with Crippen LogP contribution in [0.1, 0.15) is 32.4 Å². The molecule has 1 unspecified atom stereocenters. The zero-order chi connectivity index (χ0) is 21.1. The second-order valence-corrected chi connectivity index (χ2v) is 8.06. The lowest BCUT2D eigenvalue weighted by Gasteiger charge is -2.45. The van der Waals surface area contributed by atoms with Crippen molar-refractivity contribution in [1.29, 1.82) is 0 Å². The number of hydrogen-bond acceptors (Lipinski definition) is 8. The van der Waals surface area contributed by atoms with Crippen LogP contribution in [0.25, 0.3) is 0 Å². The standard InChI is InChI=1S/C20H28N2O7/c1-19(2,3)28-18(24)29-22-11-16(14-6-5-7-15(10-14)25-4)21-17(23)20(22)12-26-8-9-27-13-20/h5-7,10,16H,8-9,11-13H2,1-4H3,(H,21,23). The number of ether oxygens (including phenoxy) is 4. The molecule has 9 heteroatoms. The second-order valence-electron chi connectivity index (χ2n) is 8.06. The zero-order valence-electron chi connectivity index (χ0n) is 17.2. The lowest BCUT2D eigenvalue weighted by atomic mass is 9.93. The van der Waals surface area contributed by atoms with E-state index in [1.165, 1.54) is 5.06 Å². The highest BCUT2D eigenvalue weighted by atomic mass is 16.8. The van der Waals surface area contributed by atoms with Gasteiger partial charge in [-0.3, -0.25) is 4.79 Å². The molecule has 0 bridgehead atoms. The SMILES string of the molecule is COc1cccc(C2CN(OC(=O)OC(C)(C)C)C3(COCCOC3)C(=O)N2)c1. The van der Waals surface area contributed by atoms with Crippen molar-refractivity contribution in [2.24, 2.45) is 0 Å². The Balaban J connectivity index is 1.88. The predicted octanol–water partition coefficient (Wildman–Crippen LogP) is 1.82. The van der Waals surface area contributed by atoms with E-state index >= 15 is 0 Å². The molecule has 0 saturated carbocycles. The molecule has 2 saturated heterocycles. The minimum atomic E-state index is -1.29. The fourth-order valence-corrected chi connectivity index (χ4v) is 3.24. The summed E-state index contributed by atoms with van der Waals surface area (Å²) in [5.74, 6) is 0.319. The first-order valence-electron chi connectivity index (χ1n) is 9.52. The first-order chi connectivity index (χ1) is 13.7. The number of hydrogen-bond donors (Lipinski definition) is 1. The van der Waals surface area contributed by atoms with Crippen LogP contribution in [0, 0.1) is 0 Å². The smallest absolute Gasteiger partial charge is 0.497 e. The van der Waals surface area contributed by atoms with Crippen molar-refractivity contribution >= 4 is 12.1 Å². The average molecular weight is 408 g/mol. The molecular formula is C20H28N2O7. The minimum absolute atomic E-state index is 0.0342. The Morgan fingerprint density at radius 1 is 1.24 bits per heavy atom. The number of piperazine rings is 1. The van der Waals surface area contributed by atoms with Crippen LogP contribution < -0.4 is 10.1 Å². The van der Waals surface area contributed by atoms with Crippen LogP contribution >= 0.6 is 0 Å². The minimum Gasteiger partial charge on any atom is -0.497 e. The Morgan fingerprint density at radius 2 is 1.93 bits per heavy atom. The van der Waals surface area contributed by atoms with E-state index in [2.05, 4.69) is 5.32 Å². The maximum Gasteiger partial charge on any atom is 0.528 e. The van der Waals surface area contributed by atoms with Crippen molar-refractivity contribution < 1.29 is 33.4 Å². The van der Waals surface area contributed by atoms with Gasteiger partial charge < -0.3 is 29.1 Å². The van der Waals surface area contributed by atoms with Crippen LogP contribution in [0.4, 0.5) is 4.79 Å². The van der Waals surface area contributed by atoms with Gasteiger partial charge in [0.15, 0.2) is 5.54 Å². The third-order valence-electron chi connectivity index (χ3n) is 4.68. The zero-order valence-corrected chi connectivity index (χ0v) is 17.2. The average Bonchev–Trinajstić information content (AvgIpc) is 2.91. The molecule has 0 radical (unpaired) electrons. The van der Waals surface area contributed by atoms with Gasteiger partial charge in [-0.1, -0.05) is 12.1 Å². The van der Waals surface area contributed by atoms with E-state index < -0.39 is 23.3 Å². The Labute approximate surface area is 170 Å². The number of nitrogens with zero attached hydrogens (tertiary/aromatic N) is 1. The van der Waals surface area contributed by atoms with Gasteiger partial charge in [0.1, 0.15) is 11.4 Å². The van der Waals surface area contributed by atoms with E-state index in [-0.39, 0.29) is 25.7 Å². The van der Waals surface area contributed by atoms with Crippen molar-refractivity contribution in [2.45, 2.75) is 38.0 Å². The largest absolute Gasteiger partial charge is 0.528 e. The van der Waals surface area contributed by atoms with Gasteiger partial charge in [-0.05, 0) is 38.5 Å². The molecule has 1 atom stereocenters. The van der Waals surface area contributed by atoms with Crippen LogP contribution in [-0.2, 0) is 23.8 Å². The summed E-state index contributed by atoms with van der Waals surface area (Å²) in [6.07, 6.45) is -0.889. The van der Waals surface area contributed by atoms with E-state index in [4.69, 9.17) is 23.8 Å². The number of hydroxylamine groups is 2. The quantitative estimate of drug-likeness (QED) is 0.757. The van der Waals surface area contributed by atoms with E-state index in [1.807, 2.05) is 24.3 Å². The number of nitrogens with one attached hydrogen (secondary N) is 1.